The van der Waals surface area contributed by atoms with Crippen molar-refractivity contribution in [2.45, 2.75) is 6.92 Å². The Morgan fingerprint density at radius 3 is 2.75 bits per heavy atom. The molecule has 3 rings (SSSR count). The molecule has 2 aromatic carbocycles. The van der Waals surface area contributed by atoms with Gasteiger partial charge in [0.25, 0.3) is 0 Å². The van der Waals surface area contributed by atoms with Gasteiger partial charge in [-0.1, -0.05) is 0 Å². The second kappa shape index (κ2) is 4.85. The number of carbonyl (C=O) groups is 1. The topological polar surface area (TPSA) is 44.8 Å². The fourth-order valence-corrected chi connectivity index (χ4v) is 1.93. The zero-order valence-corrected chi connectivity index (χ0v) is 10.7. The Bertz CT molecular complexity index is 682. The van der Waals surface area contributed by atoms with Crippen molar-refractivity contribution < 1.29 is 23.4 Å². The van der Waals surface area contributed by atoms with Gasteiger partial charge in [0.05, 0.1) is 5.56 Å². The van der Waals surface area contributed by atoms with Gasteiger partial charge in [0.1, 0.15) is 17.3 Å². The lowest BCUT2D eigenvalue weighted by molar-refractivity contribution is 0.101. The Hall–Kier alpha value is -2.56. The Morgan fingerprint density at radius 1 is 1.15 bits per heavy atom. The van der Waals surface area contributed by atoms with Gasteiger partial charge < -0.3 is 14.2 Å². The maximum atomic E-state index is 13.2. The molecule has 1 aliphatic heterocycles. The average molecular weight is 274 g/mol. The van der Waals surface area contributed by atoms with Gasteiger partial charge >= 0.3 is 0 Å². The second-order valence-corrected chi connectivity index (χ2v) is 4.31. The third-order valence-electron chi connectivity index (χ3n) is 2.89. The van der Waals surface area contributed by atoms with Crippen LogP contribution in [0.15, 0.2) is 36.4 Å². The average Bonchev–Trinajstić information content (AvgIpc) is 2.88. The van der Waals surface area contributed by atoms with E-state index >= 15 is 0 Å². The first-order chi connectivity index (χ1) is 9.63. The van der Waals surface area contributed by atoms with Crippen LogP contribution in [0, 0.1) is 5.82 Å². The van der Waals surface area contributed by atoms with Crippen molar-refractivity contribution in [3.05, 3.63) is 47.8 Å². The monoisotopic (exact) mass is 274 g/mol. The Kier molecular flexibility index (Phi) is 3.02. The summed E-state index contributed by atoms with van der Waals surface area (Å²) in [7, 11) is 0. The number of benzene rings is 2. The Labute approximate surface area is 114 Å². The summed E-state index contributed by atoms with van der Waals surface area (Å²) in [6, 6.07) is 8.90. The largest absolute Gasteiger partial charge is 0.456 e. The van der Waals surface area contributed by atoms with Crippen LogP contribution in [-0.4, -0.2) is 12.6 Å². The summed E-state index contributed by atoms with van der Waals surface area (Å²) in [4.78, 5) is 11.5. The number of Topliss-reactive ketones (excluding diaryl/α,β-unsaturated/α-hetero) is 1. The number of fused-ring (bicyclic) bond motifs is 1. The van der Waals surface area contributed by atoms with Crippen molar-refractivity contribution >= 4 is 5.78 Å². The zero-order chi connectivity index (χ0) is 14.1. The highest BCUT2D eigenvalue weighted by Gasteiger charge is 2.16. The smallest absolute Gasteiger partial charge is 0.231 e. The van der Waals surface area contributed by atoms with Crippen molar-refractivity contribution in [3.63, 3.8) is 0 Å². The van der Waals surface area contributed by atoms with Crippen molar-refractivity contribution in [1.29, 1.82) is 0 Å². The van der Waals surface area contributed by atoms with Crippen molar-refractivity contribution in [2.75, 3.05) is 6.79 Å². The number of hydrogen-bond acceptors (Lipinski definition) is 4. The summed E-state index contributed by atoms with van der Waals surface area (Å²) in [5, 5.41) is 0. The predicted molar refractivity (Wildman–Crippen MR) is 69.0 cm³/mol. The molecule has 5 heteroatoms. The predicted octanol–water partition coefficient (Wildman–Crippen LogP) is 3.55. The highest BCUT2D eigenvalue weighted by atomic mass is 19.1. The summed E-state index contributed by atoms with van der Waals surface area (Å²) < 4.78 is 29.3. The molecule has 0 aliphatic carbocycles. The van der Waals surface area contributed by atoms with Gasteiger partial charge in [-0.25, -0.2) is 4.39 Å². The number of ether oxygens (including phenoxy) is 3. The third-order valence-corrected chi connectivity index (χ3v) is 2.89. The molecule has 0 radical (unpaired) electrons. The Balaban J connectivity index is 1.93. The first-order valence-corrected chi connectivity index (χ1v) is 6.01. The number of rotatable bonds is 3. The van der Waals surface area contributed by atoms with Gasteiger partial charge in [-0.15, -0.1) is 0 Å². The fraction of sp³-hybridized carbons (Fsp3) is 0.133. The van der Waals surface area contributed by atoms with E-state index in [0.29, 0.717) is 23.0 Å². The van der Waals surface area contributed by atoms with E-state index in [4.69, 9.17) is 14.2 Å². The molecule has 1 aliphatic rings. The molecule has 0 fully saturated rings. The molecule has 0 unspecified atom stereocenters. The number of ketones is 1. The van der Waals surface area contributed by atoms with E-state index in [1.165, 1.54) is 19.1 Å². The van der Waals surface area contributed by atoms with Crippen molar-refractivity contribution in [2.24, 2.45) is 0 Å². The lowest BCUT2D eigenvalue weighted by atomic mass is 10.1. The molecule has 0 saturated heterocycles. The van der Waals surface area contributed by atoms with Gasteiger partial charge in [0, 0.05) is 6.07 Å². The van der Waals surface area contributed by atoms with Crippen LogP contribution in [0.3, 0.4) is 0 Å². The molecular weight excluding hydrogens is 263 g/mol. The van der Waals surface area contributed by atoms with Crippen LogP contribution in [0.2, 0.25) is 0 Å². The summed E-state index contributed by atoms with van der Waals surface area (Å²) in [5.41, 5.74) is 0.197. The van der Waals surface area contributed by atoms with Crippen molar-refractivity contribution in [1.82, 2.24) is 0 Å². The summed E-state index contributed by atoms with van der Waals surface area (Å²) in [6.45, 7) is 1.54. The van der Waals surface area contributed by atoms with Crippen LogP contribution in [0.1, 0.15) is 17.3 Å². The van der Waals surface area contributed by atoms with Crippen LogP contribution in [-0.2, 0) is 0 Å². The minimum Gasteiger partial charge on any atom is -0.456 e. The van der Waals surface area contributed by atoms with E-state index in [1.54, 1.807) is 18.2 Å². The quantitative estimate of drug-likeness (QED) is 0.803. The number of carbonyl (C=O) groups excluding carboxylic acids is 1. The minimum atomic E-state index is -0.478. The molecule has 0 N–H and O–H groups in total. The van der Waals surface area contributed by atoms with E-state index in [0.717, 1.165) is 6.07 Å². The molecule has 2 aromatic rings. The lowest BCUT2D eigenvalue weighted by Gasteiger charge is -2.10. The van der Waals surface area contributed by atoms with E-state index < -0.39 is 5.82 Å². The van der Waals surface area contributed by atoms with Gasteiger partial charge in [0.2, 0.25) is 6.79 Å². The molecule has 0 spiro atoms. The minimum absolute atomic E-state index is 0.175. The van der Waals surface area contributed by atoms with E-state index in [-0.39, 0.29) is 18.1 Å². The highest BCUT2D eigenvalue weighted by Crippen LogP contribution is 2.37. The first kappa shape index (κ1) is 12.5. The number of halogens is 1. The van der Waals surface area contributed by atoms with Crippen molar-refractivity contribution in [3.8, 4) is 23.0 Å². The normalized spacial score (nSPS) is 12.3. The maximum Gasteiger partial charge on any atom is 0.231 e. The van der Waals surface area contributed by atoms with Gasteiger partial charge in [-0.2, -0.15) is 0 Å². The summed E-state index contributed by atoms with van der Waals surface area (Å²) in [5.74, 6) is 1.27. The fourth-order valence-electron chi connectivity index (χ4n) is 1.93. The standard InChI is InChI=1S/C15H11FO4/c1-9(17)12-6-10(16)2-4-13(12)20-11-3-5-14-15(7-11)19-8-18-14/h2-7H,8H2,1H3. The first-order valence-electron chi connectivity index (χ1n) is 6.01. The molecule has 0 atom stereocenters. The van der Waals surface area contributed by atoms with Crippen LogP contribution in [0.4, 0.5) is 4.39 Å². The third kappa shape index (κ3) is 2.30. The van der Waals surface area contributed by atoms with Crippen LogP contribution < -0.4 is 14.2 Å². The Morgan fingerprint density at radius 2 is 1.95 bits per heavy atom. The maximum absolute atomic E-state index is 13.2. The summed E-state index contributed by atoms with van der Waals surface area (Å²) in [6.07, 6.45) is 0. The van der Waals surface area contributed by atoms with Gasteiger partial charge in [-0.05, 0) is 37.3 Å². The molecule has 0 amide bonds. The molecular formula is C15H11FO4. The lowest BCUT2D eigenvalue weighted by Crippen LogP contribution is -1.98. The van der Waals surface area contributed by atoms with E-state index in [2.05, 4.69) is 0 Å². The van der Waals surface area contributed by atoms with E-state index in [9.17, 15) is 9.18 Å². The zero-order valence-electron chi connectivity index (χ0n) is 10.7. The molecule has 4 nitrogen and oxygen atoms in total. The summed E-state index contributed by atoms with van der Waals surface area (Å²) >= 11 is 0. The number of hydrogen-bond donors (Lipinski definition) is 0. The molecule has 1 heterocycles. The van der Waals surface area contributed by atoms with E-state index in [1.807, 2.05) is 0 Å². The highest BCUT2D eigenvalue weighted by molar-refractivity contribution is 5.96. The molecule has 0 saturated carbocycles. The van der Waals surface area contributed by atoms with Crippen LogP contribution >= 0.6 is 0 Å². The van der Waals surface area contributed by atoms with Crippen LogP contribution in [0.25, 0.3) is 0 Å². The van der Waals surface area contributed by atoms with Gasteiger partial charge in [0.15, 0.2) is 17.3 Å². The molecule has 102 valence electrons. The molecule has 0 bridgehead atoms. The molecule has 20 heavy (non-hydrogen) atoms. The SMILES string of the molecule is CC(=O)c1cc(F)ccc1Oc1ccc2c(c1)OCO2. The van der Waals surface area contributed by atoms with Gasteiger partial charge in [-0.3, -0.25) is 4.79 Å². The molecule has 0 aromatic heterocycles. The van der Waals surface area contributed by atoms with Crippen LogP contribution in [0.5, 0.6) is 23.0 Å². The second-order valence-electron chi connectivity index (χ2n) is 4.31.